The summed E-state index contributed by atoms with van der Waals surface area (Å²) < 4.78 is 40.0. The molecule has 4 rings (SSSR count). The largest absolute Gasteiger partial charge is 0.480 e. The Balaban J connectivity index is 1.33. The number of carboxylic acid groups (broad SMARTS) is 1. The van der Waals surface area contributed by atoms with Gasteiger partial charge in [0.25, 0.3) is 11.8 Å². The molecule has 0 radical (unpaired) electrons. The standard InChI is InChI=1S/C39H44ClF3N6O6S/c1-25(50)46-34(38(54)55)10-3-4-16-44-35(51)15-19-56-24-27-8-7-9-28(20-27)36(52)47-33-14-12-29(49-17-5-2-6-18-49)22-30(33)37(53)48-45-23-26-11-13-32(40)31(21-26)39(41,42)43/h7-9,11-14,20-23,34H,2-6,10,15-19,24H2,1H3,(H,44,51)(H,46,50)(H,47,52)(H,48,53)(H,54,55)/b45-23-/t34-/m0/s1. The minimum atomic E-state index is -4.67. The number of hydrogen-bond donors (Lipinski definition) is 5. The number of anilines is 2. The minimum absolute atomic E-state index is 0.0698. The number of carbonyl (C=O) groups excluding carboxylic acids is 4. The van der Waals surface area contributed by atoms with Crippen molar-refractivity contribution in [1.82, 2.24) is 16.1 Å². The van der Waals surface area contributed by atoms with Crippen molar-refractivity contribution in [2.24, 2.45) is 5.10 Å². The van der Waals surface area contributed by atoms with Gasteiger partial charge in [0.1, 0.15) is 6.04 Å². The van der Waals surface area contributed by atoms with Crippen LogP contribution in [-0.2, 0) is 26.3 Å². The summed E-state index contributed by atoms with van der Waals surface area (Å²) in [5.41, 5.74) is 3.71. The maximum Gasteiger partial charge on any atom is 0.417 e. The van der Waals surface area contributed by atoms with Gasteiger partial charge in [0.15, 0.2) is 0 Å². The fraction of sp³-hybridized carbons (Fsp3) is 0.385. The molecular formula is C39H44ClF3N6O6S. The third-order valence-electron chi connectivity index (χ3n) is 8.74. The molecular weight excluding hydrogens is 773 g/mol. The number of nitrogens with zero attached hydrogens (tertiary/aromatic N) is 2. The molecule has 56 heavy (non-hydrogen) atoms. The quantitative estimate of drug-likeness (QED) is 0.0527. The van der Waals surface area contributed by atoms with E-state index in [0.29, 0.717) is 36.5 Å². The Morgan fingerprint density at radius 2 is 1.75 bits per heavy atom. The number of carboxylic acids is 1. The summed E-state index contributed by atoms with van der Waals surface area (Å²) in [5, 5.41) is 20.6. The number of halogens is 4. The van der Waals surface area contributed by atoms with Gasteiger partial charge in [0.05, 0.1) is 28.1 Å². The number of rotatable bonds is 18. The molecule has 17 heteroatoms. The topological polar surface area (TPSA) is 169 Å². The number of hydrazone groups is 1. The highest BCUT2D eigenvalue weighted by Crippen LogP contribution is 2.35. The molecule has 5 N–H and O–H groups in total. The highest BCUT2D eigenvalue weighted by atomic mass is 35.5. The number of unbranched alkanes of at least 4 members (excludes halogenated alkanes) is 1. The predicted octanol–water partition coefficient (Wildman–Crippen LogP) is 6.86. The van der Waals surface area contributed by atoms with E-state index in [1.54, 1.807) is 30.3 Å². The average Bonchev–Trinajstić information content (AvgIpc) is 3.16. The van der Waals surface area contributed by atoms with Crippen LogP contribution in [0.15, 0.2) is 65.8 Å². The van der Waals surface area contributed by atoms with E-state index >= 15 is 0 Å². The molecule has 300 valence electrons. The molecule has 1 saturated heterocycles. The van der Waals surface area contributed by atoms with E-state index in [-0.39, 0.29) is 35.6 Å². The van der Waals surface area contributed by atoms with E-state index in [1.165, 1.54) is 24.8 Å². The number of amides is 4. The van der Waals surface area contributed by atoms with Crippen molar-refractivity contribution >= 4 is 70.6 Å². The summed E-state index contributed by atoms with van der Waals surface area (Å²) in [6.07, 6.45) is 1.12. The summed E-state index contributed by atoms with van der Waals surface area (Å²) in [7, 11) is 0. The zero-order valence-corrected chi connectivity index (χ0v) is 32.3. The third-order valence-corrected chi connectivity index (χ3v) is 10.1. The highest BCUT2D eigenvalue weighted by molar-refractivity contribution is 7.98. The maximum absolute atomic E-state index is 13.5. The zero-order valence-electron chi connectivity index (χ0n) is 30.7. The molecule has 4 amide bonds. The van der Waals surface area contributed by atoms with Gasteiger partial charge in [-0.15, -0.1) is 0 Å². The van der Waals surface area contributed by atoms with Gasteiger partial charge in [-0.2, -0.15) is 30.0 Å². The summed E-state index contributed by atoms with van der Waals surface area (Å²) in [6, 6.07) is 14.4. The Morgan fingerprint density at radius 3 is 2.46 bits per heavy atom. The molecule has 12 nitrogen and oxygen atoms in total. The number of piperidine rings is 1. The monoisotopic (exact) mass is 816 g/mol. The predicted molar refractivity (Wildman–Crippen MR) is 211 cm³/mol. The molecule has 3 aromatic rings. The van der Waals surface area contributed by atoms with Gasteiger partial charge in [-0.05, 0) is 92.1 Å². The summed E-state index contributed by atoms with van der Waals surface area (Å²) in [6.45, 7) is 3.25. The first-order valence-electron chi connectivity index (χ1n) is 18.0. The number of benzene rings is 3. The lowest BCUT2D eigenvalue weighted by Crippen LogP contribution is -2.39. The van der Waals surface area contributed by atoms with Crippen LogP contribution in [0.1, 0.15) is 89.3 Å². The summed E-state index contributed by atoms with van der Waals surface area (Å²) in [4.78, 5) is 63.7. The second kappa shape index (κ2) is 21.3. The SMILES string of the molecule is CC(=O)N[C@@H](CCCCNC(=O)CCSCc1cccc(C(=O)Nc2ccc(N3CCCCC3)cc2C(=O)N/N=C\c2ccc(Cl)c(C(F)(F)F)c2)c1)C(=O)O. The van der Waals surface area contributed by atoms with Crippen molar-refractivity contribution in [2.45, 2.75) is 69.8 Å². The van der Waals surface area contributed by atoms with Gasteiger partial charge < -0.3 is 26.0 Å². The first kappa shape index (κ1) is 43.6. The second-order valence-corrected chi connectivity index (χ2v) is 14.6. The fourth-order valence-corrected chi connectivity index (χ4v) is 7.00. The number of alkyl halides is 3. The Morgan fingerprint density at radius 1 is 0.982 bits per heavy atom. The van der Waals surface area contributed by atoms with Crippen LogP contribution in [0, 0.1) is 0 Å². The first-order valence-corrected chi connectivity index (χ1v) is 19.6. The van der Waals surface area contributed by atoms with Gasteiger partial charge in [-0.25, -0.2) is 10.2 Å². The van der Waals surface area contributed by atoms with Crippen LogP contribution in [0.2, 0.25) is 5.02 Å². The highest BCUT2D eigenvalue weighted by Gasteiger charge is 2.33. The van der Waals surface area contributed by atoms with Crippen molar-refractivity contribution in [3.05, 3.63) is 93.5 Å². The molecule has 0 aromatic heterocycles. The Bertz CT molecular complexity index is 1910. The van der Waals surface area contributed by atoms with E-state index in [9.17, 15) is 42.3 Å². The van der Waals surface area contributed by atoms with Crippen LogP contribution in [0.25, 0.3) is 0 Å². The number of thioether (sulfide) groups is 1. The number of nitrogens with one attached hydrogen (secondary N) is 4. The zero-order chi connectivity index (χ0) is 40.7. The maximum atomic E-state index is 13.5. The molecule has 0 saturated carbocycles. The molecule has 1 heterocycles. The van der Waals surface area contributed by atoms with Crippen molar-refractivity contribution in [1.29, 1.82) is 0 Å². The summed E-state index contributed by atoms with van der Waals surface area (Å²) in [5.74, 6) is -1.74. The molecule has 1 fully saturated rings. The van der Waals surface area contributed by atoms with Crippen molar-refractivity contribution < 1.29 is 42.3 Å². The van der Waals surface area contributed by atoms with E-state index in [2.05, 4.69) is 31.4 Å². The van der Waals surface area contributed by atoms with Crippen LogP contribution >= 0.6 is 23.4 Å². The van der Waals surface area contributed by atoms with E-state index in [0.717, 1.165) is 62.0 Å². The molecule has 1 atom stereocenters. The number of hydrogen-bond acceptors (Lipinski definition) is 8. The van der Waals surface area contributed by atoms with Gasteiger partial charge in [-0.3, -0.25) is 19.2 Å². The van der Waals surface area contributed by atoms with Gasteiger partial charge in [0, 0.05) is 55.7 Å². The van der Waals surface area contributed by atoms with Crippen LogP contribution < -0.4 is 26.3 Å². The van der Waals surface area contributed by atoms with Crippen molar-refractivity contribution in [3.8, 4) is 0 Å². The normalized spacial score (nSPS) is 13.6. The summed E-state index contributed by atoms with van der Waals surface area (Å²) >= 11 is 7.23. The van der Waals surface area contributed by atoms with Crippen LogP contribution in [-0.4, -0.2) is 72.3 Å². The average molecular weight is 817 g/mol. The second-order valence-electron chi connectivity index (χ2n) is 13.1. The third kappa shape index (κ3) is 13.9. The van der Waals surface area contributed by atoms with Crippen LogP contribution in [0.5, 0.6) is 0 Å². The first-order chi connectivity index (χ1) is 26.7. The lowest BCUT2D eigenvalue weighted by molar-refractivity contribution is -0.141. The Labute approximate surface area is 332 Å². The van der Waals surface area contributed by atoms with Gasteiger partial charge >= 0.3 is 12.1 Å². The van der Waals surface area contributed by atoms with E-state index in [1.807, 2.05) is 12.1 Å². The molecule has 1 aliphatic heterocycles. The molecule has 1 aliphatic rings. The molecule has 3 aromatic carbocycles. The Hall–Kier alpha value is -5.09. The minimum Gasteiger partial charge on any atom is -0.480 e. The Kier molecular flexibility index (Phi) is 16.6. The van der Waals surface area contributed by atoms with Crippen molar-refractivity contribution in [3.63, 3.8) is 0 Å². The number of aliphatic carboxylic acids is 1. The van der Waals surface area contributed by atoms with Gasteiger partial charge in [-0.1, -0.05) is 29.8 Å². The molecule has 0 spiro atoms. The lowest BCUT2D eigenvalue weighted by Gasteiger charge is -2.29. The molecule has 0 unspecified atom stereocenters. The van der Waals surface area contributed by atoms with E-state index < -0.39 is 46.5 Å². The fourth-order valence-electron chi connectivity index (χ4n) is 5.89. The lowest BCUT2D eigenvalue weighted by atomic mass is 10.1. The van der Waals surface area contributed by atoms with E-state index in [4.69, 9.17) is 11.6 Å². The molecule has 0 bridgehead atoms. The van der Waals surface area contributed by atoms with Crippen molar-refractivity contribution in [2.75, 3.05) is 35.6 Å². The van der Waals surface area contributed by atoms with Gasteiger partial charge in [0.2, 0.25) is 11.8 Å². The molecule has 0 aliphatic carbocycles. The van der Waals surface area contributed by atoms with Crippen LogP contribution in [0.3, 0.4) is 0 Å². The smallest absolute Gasteiger partial charge is 0.417 e. The van der Waals surface area contributed by atoms with Crippen LogP contribution in [0.4, 0.5) is 24.5 Å². The number of carbonyl (C=O) groups is 5.